The van der Waals surface area contributed by atoms with E-state index in [9.17, 15) is 5.11 Å². The smallest absolute Gasteiger partial charge is 0.120 e. The molecule has 2 aromatic carbocycles. The Morgan fingerprint density at radius 3 is 2.73 bits per heavy atom. The van der Waals surface area contributed by atoms with E-state index in [4.69, 9.17) is 16.3 Å². The summed E-state index contributed by atoms with van der Waals surface area (Å²) in [5, 5.41) is 13.1. The van der Waals surface area contributed by atoms with Crippen LogP contribution in [0.5, 0.6) is 5.75 Å². The van der Waals surface area contributed by atoms with E-state index in [2.05, 4.69) is 53.8 Å². The van der Waals surface area contributed by atoms with E-state index in [1.165, 1.54) is 16.5 Å². The quantitative estimate of drug-likeness (QED) is 0.551. The number of aliphatic hydroxyl groups is 1. The molecule has 1 atom stereocenters. The fourth-order valence-electron chi connectivity index (χ4n) is 4.38. The molecule has 160 valence electrons. The minimum Gasteiger partial charge on any atom is -0.491 e. The molecule has 1 aliphatic rings. The normalized spacial score (nSPS) is 20.6. The average Bonchev–Trinajstić information content (AvgIpc) is 2.99. The number of halogens is 1. The minimum absolute atomic E-state index is 0.299. The van der Waals surface area contributed by atoms with Gasteiger partial charge in [0.2, 0.25) is 0 Å². The van der Waals surface area contributed by atoms with Crippen molar-refractivity contribution in [3.63, 3.8) is 0 Å². The molecule has 0 saturated carbocycles. The van der Waals surface area contributed by atoms with Crippen LogP contribution in [0.2, 0.25) is 5.02 Å². The Balaban J connectivity index is 1.41. The summed E-state index contributed by atoms with van der Waals surface area (Å²) in [4.78, 5) is 2.46. The Morgan fingerprint density at radius 2 is 1.93 bits per heavy atom. The first-order chi connectivity index (χ1) is 14.4. The first-order valence-electron chi connectivity index (χ1n) is 10.9. The van der Waals surface area contributed by atoms with Crippen LogP contribution in [0.25, 0.3) is 10.9 Å². The molecule has 0 amide bonds. The summed E-state index contributed by atoms with van der Waals surface area (Å²) in [6.45, 7) is 7.50. The van der Waals surface area contributed by atoms with Gasteiger partial charge in [0.15, 0.2) is 0 Å². The highest BCUT2D eigenvalue weighted by molar-refractivity contribution is 6.30. The largest absolute Gasteiger partial charge is 0.491 e. The van der Waals surface area contributed by atoms with Gasteiger partial charge in [0.05, 0.1) is 5.60 Å². The van der Waals surface area contributed by atoms with Crippen molar-refractivity contribution in [2.75, 3.05) is 19.7 Å². The number of aromatic nitrogens is 1. The van der Waals surface area contributed by atoms with E-state index in [-0.39, 0.29) is 0 Å². The van der Waals surface area contributed by atoms with Crippen molar-refractivity contribution < 1.29 is 9.84 Å². The van der Waals surface area contributed by atoms with Crippen LogP contribution in [0, 0.1) is 0 Å². The maximum Gasteiger partial charge on any atom is 0.120 e. The van der Waals surface area contributed by atoms with E-state index in [0.717, 1.165) is 32.5 Å². The predicted octanol–water partition coefficient (Wildman–Crippen LogP) is 5.67. The molecule has 4 nitrogen and oxygen atoms in total. The highest BCUT2D eigenvalue weighted by Crippen LogP contribution is 2.29. The van der Waals surface area contributed by atoms with E-state index in [0.29, 0.717) is 29.8 Å². The fraction of sp³-hybridized carbons (Fsp3) is 0.440. The predicted molar refractivity (Wildman–Crippen MR) is 123 cm³/mol. The van der Waals surface area contributed by atoms with Crippen molar-refractivity contribution in [2.45, 2.75) is 51.3 Å². The third kappa shape index (κ3) is 4.83. The Labute approximate surface area is 184 Å². The summed E-state index contributed by atoms with van der Waals surface area (Å²) >= 11 is 6.04. The maximum absolute atomic E-state index is 11.1. The van der Waals surface area contributed by atoms with Gasteiger partial charge in [0.25, 0.3) is 0 Å². The van der Waals surface area contributed by atoms with Crippen LogP contribution in [0.3, 0.4) is 0 Å². The van der Waals surface area contributed by atoms with Gasteiger partial charge in [-0.15, -0.1) is 0 Å². The van der Waals surface area contributed by atoms with Crippen molar-refractivity contribution in [1.82, 2.24) is 9.47 Å². The zero-order valence-corrected chi connectivity index (χ0v) is 18.6. The molecule has 1 fully saturated rings. The lowest BCUT2D eigenvalue weighted by atomic mass is 9.96. The highest BCUT2D eigenvalue weighted by atomic mass is 35.5. The number of likely N-dealkylation sites (tertiary alicyclic amines) is 1. The van der Waals surface area contributed by atoms with Gasteiger partial charge in [-0.25, -0.2) is 0 Å². The number of para-hydroxylation sites is 1. The third-order valence-corrected chi connectivity index (χ3v) is 6.32. The highest BCUT2D eigenvalue weighted by Gasteiger charge is 2.31. The van der Waals surface area contributed by atoms with Crippen LogP contribution in [-0.4, -0.2) is 39.9 Å². The summed E-state index contributed by atoms with van der Waals surface area (Å²) in [6, 6.07) is 16.4. The number of benzene rings is 2. The molecule has 2 heterocycles. The molecule has 0 aliphatic carbocycles. The van der Waals surface area contributed by atoms with Crippen LogP contribution in [0.1, 0.15) is 44.7 Å². The Morgan fingerprint density at radius 1 is 1.10 bits per heavy atom. The van der Waals surface area contributed by atoms with Gasteiger partial charge in [0.1, 0.15) is 12.4 Å². The molecule has 30 heavy (non-hydrogen) atoms. The average molecular weight is 427 g/mol. The van der Waals surface area contributed by atoms with Gasteiger partial charge >= 0.3 is 0 Å². The summed E-state index contributed by atoms with van der Waals surface area (Å²) in [5.74, 6) is 0.707. The third-order valence-electron chi connectivity index (χ3n) is 6.09. The van der Waals surface area contributed by atoms with Crippen LogP contribution in [0.4, 0.5) is 0 Å². The molecule has 5 heteroatoms. The molecule has 0 bridgehead atoms. The van der Waals surface area contributed by atoms with Crippen molar-refractivity contribution in [3.05, 3.63) is 65.3 Å². The Bertz CT molecular complexity index is 1000. The molecule has 4 rings (SSSR count). The molecular formula is C25H31ClN2O2. The molecule has 0 radical (unpaired) electrons. The lowest BCUT2D eigenvalue weighted by molar-refractivity contribution is -0.0168. The van der Waals surface area contributed by atoms with Crippen LogP contribution < -0.4 is 4.74 Å². The number of nitrogens with zero attached hydrogens (tertiary/aromatic N) is 2. The zero-order chi connectivity index (χ0) is 21.1. The number of hydrogen-bond donors (Lipinski definition) is 1. The van der Waals surface area contributed by atoms with E-state index in [1.807, 2.05) is 18.2 Å². The molecular weight excluding hydrogens is 396 g/mol. The standard InChI is InChI=1S/C25H31ClN2O2/c1-19(2)28-17-20(23-9-3-4-10-24(23)28)16-27-13-6-11-25(29,12-14-27)18-30-22-8-5-7-21(26)15-22/h3-5,7-10,15,17,19,29H,6,11-14,16,18H2,1-2H3. The SMILES string of the molecule is CC(C)n1cc(CN2CCCC(O)(COc3cccc(Cl)c3)CC2)c2ccccc21. The van der Waals surface area contributed by atoms with E-state index >= 15 is 0 Å². The van der Waals surface area contributed by atoms with Gasteiger partial charge in [-0.1, -0.05) is 35.9 Å². The van der Waals surface area contributed by atoms with Crippen molar-refractivity contribution in [1.29, 1.82) is 0 Å². The van der Waals surface area contributed by atoms with Crippen LogP contribution in [-0.2, 0) is 6.54 Å². The molecule has 1 unspecified atom stereocenters. The van der Waals surface area contributed by atoms with Gasteiger partial charge in [-0.2, -0.15) is 0 Å². The molecule has 1 aliphatic heterocycles. The van der Waals surface area contributed by atoms with Gasteiger partial charge < -0.3 is 14.4 Å². The van der Waals surface area contributed by atoms with E-state index in [1.54, 1.807) is 6.07 Å². The van der Waals surface area contributed by atoms with Crippen molar-refractivity contribution in [3.8, 4) is 5.75 Å². The zero-order valence-electron chi connectivity index (χ0n) is 17.9. The Kier molecular flexibility index (Phi) is 6.37. The second-order valence-electron chi connectivity index (χ2n) is 8.77. The number of hydrogen-bond acceptors (Lipinski definition) is 3. The number of rotatable bonds is 6. The Hall–Kier alpha value is -2.01. The summed E-state index contributed by atoms with van der Waals surface area (Å²) in [6.07, 6.45) is 4.71. The van der Waals surface area contributed by atoms with Crippen molar-refractivity contribution in [2.24, 2.45) is 0 Å². The molecule has 1 N–H and O–H groups in total. The molecule has 3 aromatic rings. The van der Waals surface area contributed by atoms with E-state index < -0.39 is 5.60 Å². The molecule has 1 aromatic heterocycles. The topological polar surface area (TPSA) is 37.6 Å². The van der Waals surface area contributed by atoms with Gasteiger partial charge in [-0.05, 0) is 69.5 Å². The monoisotopic (exact) mass is 426 g/mol. The summed E-state index contributed by atoms with van der Waals surface area (Å²) in [7, 11) is 0. The minimum atomic E-state index is -0.803. The molecule has 0 spiro atoms. The van der Waals surface area contributed by atoms with Crippen LogP contribution in [0.15, 0.2) is 54.7 Å². The summed E-state index contributed by atoms with van der Waals surface area (Å²) < 4.78 is 8.23. The number of ether oxygens (including phenoxy) is 1. The first-order valence-corrected chi connectivity index (χ1v) is 11.2. The van der Waals surface area contributed by atoms with Gasteiger partial charge in [-0.3, -0.25) is 4.90 Å². The second kappa shape index (κ2) is 9.01. The fourth-order valence-corrected chi connectivity index (χ4v) is 4.56. The summed E-state index contributed by atoms with van der Waals surface area (Å²) in [5.41, 5.74) is 1.85. The van der Waals surface area contributed by atoms with Crippen LogP contribution >= 0.6 is 11.6 Å². The first kappa shape index (κ1) is 21.2. The second-order valence-corrected chi connectivity index (χ2v) is 9.21. The van der Waals surface area contributed by atoms with Gasteiger partial charge in [0, 0.05) is 41.3 Å². The lowest BCUT2D eigenvalue weighted by Crippen LogP contribution is -2.37. The molecule has 1 saturated heterocycles. The van der Waals surface area contributed by atoms with Crippen molar-refractivity contribution >= 4 is 22.5 Å². The maximum atomic E-state index is 11.1. The number of fused-ring (bicyclic) bond motifs is 1. The lowest BCUT2D eigenvalue weighted by Gasteiger charge is -2.27.